The van der Waals surface area contributed by atoms with Gasteiger partial charge in [0.05, 0.1) is 18.5 Å². The van der Waals surface area contributed by atoms with Gasteiger partial charge in [0.25, 0.3) is 5.91 Å². The number of carbonyl (C=O) groups excluding carboxylic acids is 4. The molecule has 0 saturated carbocycles. The second-order valence-corrected chi connectivity index (χ2v) is 10.5. The van der Waals surface area contributed by atoms with Gasteiger partial charge in [0.1, 0.15) is 11.8 Å². The van der Waals surface area contributed by atoms with Crippen LogP contribution in [0.2, 0.25) is 0 Å². The quantitative estimate of drug-likeness (QED) is 0.325. The van der Waals surface area contributed by atoms with Crippen LogP contribution in [-0.4, -0.2) is 42.8 Å². The van der Waals surface area contributed by atoms with Crippen molar-refractivity contribution < 1.29 is 23.9 Å². The van der Waals surface area contributed by atoms with Gasteiger partial charge < -0.3 is 20.7 Å². The Hall–Kier alpha value is -4.18. The molecule has 0 aliphatic heterocycles. The lowest BCUT2D eigenvalue weighted by molar-refractivity contribution is -0.127. The Bertz CT molecular complexity index is 1310. The number of rotatable bonds is 11. The molecule has 0 aliphatic carbocycles. The lowest BCUT2D eigenvalue weighted by Gasteiger charge is -2.35. The Morgan fingerprint density at radius 1 is 1.03 bits per heavy atom. The smallest absolute Gasteiger partial charge is 0.261 e. The van der Waals surface area contributed by atoms with Gasteiger partial charge in [0, 0.05) is 23.8 Å². The number of hydrogen-bond acceptors (Lipinski definition) is 6. The lowest BCUT2D eigenvalue weighted by Crippen LogP contribution is -2.52. The van der Waals surface area contributed by atoms with E-state index in [-0.39, 0.29) is 24.3 Å². The summed E-state index contributed by atoms with van der Waals surface area (Å²) in [6.07, 6.45) is 0.666. The molecule has 0 radical (unpaired) electrons. The SMILES string of the molecule is CCC(C)(C)NC(=O)[C@H](c1cccc(OC)c1)N(C(=O)CNC(=O)c1cccs1)c1ccc(NC(C)=O)cc1. The number of nitrogens with zero attached hydrogens (tertiary/aromatic N) is 1. The number of benzene rings is 2. The summed E-state index contributed by atoms with van der Waals surface area (Å²) in [5, 5.41) is 10.2. The number of hydrogen-bond donors (Lipinski definition) is 3. The van der Waals surface area contributed by atoms with E-state index in [0.717, 1.165) is 0 Å². The largest absolute Gasteiger partial charge is 0.497 e. The van der Waals surface area contributed by atoms with Gasteiger partial charge in [-0.2, -0.15) is 0 Å². The lowest BCUT2D eigenvalue weighted by atomic mass is 9.98. The zero-order chi connectivity index (χ0) is 28.6. The zero-order valence-electron chi connectivity index (χ0n) is 22.7. The number of ether oxygens (including phenoxy) is 1. The minimum Gasteiger partial charge on any atom is -0.497 e. The van der Waals surface area contributed by atoms with Crippen LogP contribution >= 0.6 is 11.3 Å². The first-order chi connectivity index (χ1) is 18.5. The Morgan fingerprint density at radius 2 is 1.74 bits per heavy atom. The molecule has 10 heteroatoms. The molecule has 1 heterocycles. The molecule has 0 aliphatic rings. The summed E-state index contributed by atoms with van der Waals surface area (Å²) in [6, 6.07) is 15.9. The highest BCUT2D eigenvalue weighted by Gasteiger charge is 2.35. The van der Waals surface area contributed by atoms with Crippen molar-refractivity contribution in [1.29, 1.82) is 0 Å². The number of anilines is 2. The van der Waals surface area contributed by atoms with Gasteiger partial charge in [-0.15, -0.1) is 11.3 Å². The molecule has 9 nitrogen and oxygen atoms in total. The van der Waals surface area contributed by atoms with Crippen LogP contribution in [-0.2, 0) is 14.4 Å². The minimum absolute atomic E-state index is 0.234. The molecule has 1 atom stereocenters. The van der Waals surface area contributed by atoms with Crippen molar-refractivity contribution in [2.75, 3.05) is 23.9 Å². The predicted molar refractivity (Wildman–Crippen MR) is 153 cm³/mol. The van der Waals surface area contributed by atoms with E-state index < -0.39 is 17.5 Å². The summed E-state index contributed by atoms with van der Waals surface area (Å²) < 4.78 is 5.39. The third-order valence-electron chi connectivity index (χ3n) is 6.14. The van der Waals surface area contributed by atoms with E-state index in [1.165, 1.54) is 30.3 Å². The molecule has 0 bridgehead atoms. The maximum atomic E-state index is 13.9. The Kier molecular flexibility index (Phi) is 9.84. The second kappa shape index (κ2) is 13.1. The molecule has 4 amide bonds. The van der Waals surface area contributed by atoms with Crippen molar-refractivity contribution in [2.24, 2.45) is 0 Å². The van der Waals surface area contributed by atoms with E-state index in [1.54, 1.807) is 66.0 Å². The Balaban J connectivity index is 2.07. The molecule has 3 N–H and O–H groups in total. The molecule has 0 fully saturated rings. The zero-order valence-corrected chi connectivity index (χ0v) is 23.6. The van der Waals surface area contributed by atoms with Gasteiger partial charge in [0.2, 0.25) is 17.7 Å². The van der Waals surface area contributed by atoms with E-state index in [1.807, 2.05) is 20.8 Å². The Morgan fingerprint density at radius 3 is 2.33 bits per heavy atom. The maximum Gasteiger partial charge on any atom is 0.261 e. The first-order valence-corrected chi connectivity index (χ1v) is 13.4. The van der Waals surface area contributed by atoms with Crippen LogP contribution in [0.25, 0.3) is 0 Å². The molecule has 0 unspecified atom stereocenters. The summed E-state index contributed by atoms with van der Waals surface area (Å²) in [4.78, 5) is 53.6. The van der Waals surface area contributed by atoms with Crippen LogP contribution in [0.1, 0.15) is 55.4 Å². The highest BCUT2D eigenvalue weighted by atomic mass is 32.1. The molecule has 39 heavy (non-hydrogen) atoms. The predicted octanol–water partition coefficient (Wildman–Crippen LogP) is 4.52. The van der Waals surface area contributed by atoms with E-state index >= 15 is 0 Å². The number of amides is 4. The number of carbonyl (C=O) groups is 4. The normalized spacial score (nSPS) is 11.7. The first kappa shape index (κ1) is 29.4. The summed E-state index contributed by atoms with van der Waals surface area (Å²) in [5.41, 5.74) is 0.949. The van der Waals surface area contributed by atoms with Crippen LogP contribution in [0, 0.1) is 0 Å². The molecule has 1 aromatic heterocycles. The van der Waals surface area contributed by atoms with Gasteiger partial charge in [-0.3, -0.25) is 24.1 Å². The number of nitrogens with one attached hydrogen (secondary N) is 3. The summed E-state index contributed by atoms with van der Waals surface area (Å²) in [6.45, 7) is 6.84. The molecule has 206 valence electrons. The highest BCUT2D eigenvalue weighted by Crippen LogP contribution is 2.31. The fourth-order valence-electron chi connectivity index (χ4n) is 3.80. The molecule has 3 rings (SSSR count). The highest BCUT2D eigenvalue weighted by molar-refractivity contribution is 7.12. The third kappa shape index (κ3) is 7.90. The van der Waals surface area contributed by atoms with E-state index in [2.05, 4.69) is 16.0 Å². The molecular weight excluding hydrogens is 516 g/mol. The molecule has 0 spiro atoms. The van der Waals surface area contributed by atoms with Gasteiger partial charge in [-0.1, -0.05) is 25.1 Å². The van der Waals surface area contributed by atoms with Crippen LogP contribution < -0.4 is 25.6 Å². The molecule has 0 saturated heterocycles. The molecular formula is C29H34N4O5S. The van der Waals surface area contributed by atoms with E-state index in [9.17, 15) is 19.2 Å². The van der Waals surface area contributed by atoms with Crippen molar-refractivity contribution in [3.05, 3.63) is 76.5 Å². The van der Waals surface area contributed by atoms with Crippen molar-refractivity contribution >= 4 is 46.3 Å². The van der Waals surface area contributed by atoms with E-state index in [4.69, 9.17) is 4.74 Å². The van der Waals surface area contributed by atoms with Gasteiger partial charge in [-0.05, 0) is 73.7 Å². The van der Waals surface area contributed by atoms with Crippen molar-refractivity contribution in [3.8, 4) is 5.75 Å². The minimum atomic E-state index is -1.08. The number of thiophene rings is 1. The third-order valence-corrected chi connectivity index (χ3v) is 7.01. The van der Waals surface area contributed by atoms with Gasteiger partial charge in [0.15, 0.2) is 0 Å². The van der Waals surface area contributed by atoms with Gasteiger partial charge in [-0.25, -0.2) is 0 Å². The van der Waals surface area contributed by atoms with Crippen LogP contribution in [0.15, 0.2) is 66.0 Å². The van der Waals surface area contributed by atoms with Crippen LogP contribution in [0.3, 0.4) is 0 Å². The second-order valence-electron chi connectivity index (χ2n) is 9.56. The van der Waals surface area contributed by atoms with Crippen molar-refractivity contribution in [3.63, 3.8) is 0 Å². The van der Waals surface area contributed by atoms with Crippen LogP contribution in [0.5, 0.6) is 5.75 Å². The Labute approximate surface area is 232 Å². The van der Waals surface area contributed by atoms with Crippen LogP contribution in [0.4, 0.5) is 11.4 Å². The fourth-order valence-corrected chi connectivity index (χ4v) is 4.44. The number of methoxy groups -OCH3 is 1. The average molecular weight is 551 g/mol. The topological polar surface area (TPSA) is 117 Å². The van der Waals surface area contributed by atoms with Crippen molar-refractivity contribution in [2.45, 2.75) is 45.7 Å². The van der Waals surface area contributed by atoms with E-state index in [0.29, 0.717) is 34.0 Å². The first-order valence-electron chi connectivity index (χ1n) is 12.5. The summed E-state index contributed by atoms with van der Waals surface area (Å²) in [5.74, 6) is -0.973. The summed E-state index contributed by atoms with van der Waals surface area (Å²) in [7, 11) is 1.53. The standard InChI is InChI=1S/C29H34N4O5S/c1-6-29(3,4)32-28(37)26(20-9-7-10-23(17-20)38-5)33(22-14-12-21(13-15-22)31-19(2)34)25(35)18-30-27(36)24-11-8-16-39-24/h7-17,26H,6,18H2,1-5H3,(H,30,36)(H,31,34)(H,32,37)/t26-/m0/s1. The monoisotopic (exact) mass is 550 g/mol. The fraction of sp³-hybridized carbons (Fsp3) is 0.310. The molecule has 2 aromatic carbocycles. The average Bonchev–Trinajstić information content (AvgIpc) is 3.45. The summed E-state index contributed by atoms with van der Waals surface area (Å²) >= 11 is 1.27. The van der Waals surface area contributed by atoms with Crippen molar-refractivity contribution in [1.82, 2.24) is 10.6 Å². The van der Waals surface area contributed by atoms with Gasteiger partial charge >= 0.3 is 0 Å². The maximum absolute atomic E-state index is 13.9. The molecule has 3 aromatic rings.